The summed E-state index contributed by atoms with van der Waals surface area (Å²) in [6.07, 6.45) is 5.79. The van der Waals surface area contributed by atoms with E-state index in [1.807, 2.05) is 24.3 Å². The second kappa shape index (κ2) is 13.6. The van der Waals surface area contributed by atoms with Crippen LogP contribution in [0.4, 0.5) is 0 Å². The summed E-state index contributed by atoms with van der Waals surface area (Å²) in [6.45, 7) is 2.20. The lowest BCUT2D eigenvalue weighted by Crippen LogP contribution is -2.50. The monoisotopic (exact) mass is 529 g/mol. The number of methoxy groups -OCH3 is 1. The molecule has 2 aromatic carbocycles. The molecule has 37 heavy (non-hydrogen) atoms. The highest BCUT2D eigenvalue weighted by atomic mass is 32.2. The third-order valence-corrected chi connectivity index (χ3v) is 8.79. The molecule has 1 unspecified atom stereocenters. The average molecular weight is 530 g/mol. The van der Waals surface area contributed by atoms with Gasteiger partial charge in [-0.2, -0.15) is 0 Å². The predicted octanol–water partition coefficient (Wildman–Crippen LogP) is 3.96. The molecule has 1 saturated carbocycles. The molecule has 1 fully saturated rings. The van der Waals surface area contributed by atoms with Gasteiger partial charge in [-0.05, 0) is 56.0 Å². The molecule has 1 aliphatic carbocycles. The van der Waals surface area contributed by atoms with Crippen molar-refractivity contribution in [3.05, 3.63) is 60.2 Å². The van der Waals surface area contributed by atoms with Gasteiger partial charge in [0, 0.05) is 32.6 Å². The smallest absolute Gasteiger partial charge is 0.242 e. The largest absolute Gasteiger partial charge is 0.497 e. The van der Waals surface area contributed by atoms with Gasteiger partial charge in [-0.25, -0.2) is 12.7 Å². The number of nitrogens with zero attached hydrogens (tertiary/aromatic N) is 2. The lowest BCUT2D eigenvalue weighted by molar-refractivity contribution is -0.141. The van der Waals surface area contributed by atoms with E-state index in [-0.39, 0.29) is 42.3 Å². The van der Waals surface area contributed by atoms with Crippen LogP contribution < -0.4 is 10.1 Å². The summed E-state index contributed by atoms with van der Waals surface area (Å²) in [5, 5.41) is 3.13. The van der Waals surface area contributed by atoms with E-state index in [2.05, 4.69) is 5.32 Å². The summed E-state index contributed by atoms with van der Waals surface area (Å²) in [5.41, 5.74) is 0.855. The second-order valence-electron chi connectivity index (χ2n) is 9.64. The number of rotatable bonds is 12. The number of ether oxygens (including phenoxy) is 1. The average Bonchev–Trinajstić information content (AvgIpc) is 2.92. The van der Waals surface area contributed by atoms with Crippen LogP contribution in [0.1, 0.15) is 57.4 Å². The number of benzene rings is 2. The first-order valence-electron chi connectivity index (χ1n) is 13.0. The van der Waals surface area contributed by atoms with E-state index in [9.17, 15) is 18.0 Å². The fraction of sp³-hybridized carbons (Fsp3) is 0.500. The first-order valence-corrected chi connectivity index (χ1v) is 14.4. The molecule has 8 nitrogen and oxygen atoms in total. The standard InChI is InChI=1S/C28H39N3O5S/c1-22(28(33)29-24-13-6-4-7-14-24)31(21-23-12-10-15-25(20-23)36-3)27(32)18-11-19-30(2)37(34,35)26-16-8-5-9-17-26/h5,8-10,12,15-17,20,22,24H,4,6-7,11,13-14,18-19,21H2,1-3H3,(H,29,33). The molecule has 2 aromatic rings. The van der Waals surface area contributed by atoms with Crippen molar-refractivity contribution in [1.29, 1.82) is 0 Å². The molecule has 1 aliphatic rings. The number of nitrogens with one attached hydrogen (secondary N) is 1. The van der Waals surface area contributed by atoms with Gasteiger partial charge in [0.05, 0.1) is 12.0 Å². The molecular weight excluding hydrogens is 490 g/mol. The first kappa shape index (κ1) is 28.7. The van der Waals surface area contributed by atoms with Gasteiger partial charge < -0.3 is 15.0 Å². The Bertz CT molecular complexity index is 1130. The second-order valence-corrected chi connectivity index (χ2v) is 11.7. The Kier molecular flexibility index (Phi) is 10.5. The van der Waals surface area contributed by atoms with Crippen molar-refractivity contribution in [2.75, 3.05) is 20.7 Å². The summed E-state index contributed by atoms with van der Waals surface area (Å²) in [7, 11) is -0.529. The van der Waals surface area contributed by atoms with Crippen LogP contribution in [0.3, 0.4) is 0 Å². The Morgan fingerprint density at radius 3 is 2.43 bits per heavy atom. The zero-order valence-electron chi connectivity index (χ0n) is 22.1. The molecule has 0 radical (unpaired) electrons. The van der Waals surface area contributed by atoms with E-state index in [0.717, 1.165) is 31.2 Å². The number of hydrogen-bond donors (Lipinski definition) is 1. The zero-order chi connectivity index (χ0) is 26.8. The fourth-order valence-corrected chi connectivity index (χ4v) is 5.84. The van der Waals surface area contributed by atoms with Crippen LogP contribution >= 0.6 is 0 Å². The Labute approximate surface area is 221 Å². The van der Waals surface area contributed by atoms with E-state index < -0.39 is 16.1 Å². The molecule has 0 aliphatic heterocycles. The number of carbonyl (C=O) groups is 2. The zero-order valence-corrected chi connectivity index (χ0v) is 22.9. The molecule has 2 amide bonds. The molecule has 0 spiro atoms. The number of hydrogen-bond acceptors (Lipinski definition) is 5. The highest BCUT2D eigenvalue weighted by molar-refractivity contribution is 7.89. The molecule has 0 heterocycles. The SMILES string of the molecule is COc1cccc(CN(C(=O)CCCN(C)S(=O)(=O)c2ccccc2)C(C)C(=O)NC2CCCCC2)c1. The number of sulfonamides is 1. The maximum Gasteiger partial charge on any atom is 0.242 e. The van der Waals surface area contributed by atoms with Crippen molar-refractivity contribution in [1.82, 2.24) is 14.5 Å². The topological polar surface area (TPSA) is 96.0 Å². The van der Waals surface area contributed by atoms with Crippen LogP contribution in [-0.2, 0) is 26.2 Å². The van der Waals surface area contributed by atoms with E-state index in [1.54, 1.807) is 49.3 Å². The lowest BCUT2D eigenvalue weighted by Gasteiger charge is -2.31. The highest BCUT2D eigenvalue weighted by Gasteiger charge is 2.28. The minimum absolute atomic E-state index is 0.125. The Hall–Kier alpha value is -2.91. The summed E-state index contributed by atoms with van der Waals surface area (Å²) in [4.78, 5) is 28.3. The van der Waals surface area contributed by atoms with Crippen molar-refractivity contribution in [2.24, 2.45) is 0 Å². The number of carbonyl (C=O) groups excluding carboxylic acids is 2. The molecule has 202 valence electrons. The third-order valence-electron chi connectivity index (χ3n) is 6.92. The van der Waals surface area contributed by atoms with Gasteiger partial charge in [0.2, 0.25) is 21.8 Å². The van der Waals surface area contributed by atoms with Crippen LogP contribution in [-0.4, -0.2) is 62.2 Å². The summed E-state index contributed by atoms with van der Waals surface area (Å²) in [5.74, 6) is 0.323. The van der Waals surface area contributed by atoms with E-state index in [0.29, 0.717) is 12.2 Å². The van der Waals surface area contributed by atoms with E-state index >= 15 is 0 Å². The molecule has 0 bridgehead atoms. The first-order chi connectivity index (χ1) is 17.7. The van der Waals surface area contributed by atoms with Crippen LogP contribution in [0.25, 0.3) is 0 Å². The van der Waals surface area contributed by atoms with Crippen LogP contribution in [0, 0.1) is 0 Å². The molecule has 1 N–H and O–H groups in total. The minimum atomic E-state index is -3.63. The molecular formula is C28H39N3O5S. The Balaban J connectivity index is 1.67. The molecule has 0 aromatic heterocycles. The fourth-order valence-electron chi connectivity index (χ4n) is 4.61. The van der Waals surface area contributed by atoms with Crippen molar-refractivity contribution in [3.63, 3.8) is 0 Å². The third kappa shape index (κ3) is 8.04. The van der Waals surface area contributed by atoms with Crippen molar-refractivity contribution in [3.8, 4) is 5.75 Å². The van der Waals surface area contributed by atoms with Gasteiger partial charge in [0.1, 0.15) is 11.8 Å². The van der Waals surface area contributed by atoms with Crippen molar-refractivity contribution >= 4 is 21.8 Å². The van der Waals surface area contributed by atoms with Gasteiger partial charge >= 0.3 is 0 Å². The maximum absolute atomic E-state index is 13.4. The summed E-state index contributed by atoms with van der Waals surface area (Å²) >= 11 is 0. The maximum atomic E-state index is 13.4. The van der Waals surface area contributed by atoms with E-state index in [1.165, 1.54) is 17.8 Å². The number of amides is 2. The molecule has 9 heteroatoms. The van der Waals surface area contributed by atoms with Gasteiger partial charge in [0.15, 0.2) is 0 Å². The van der Waals surface area contributed by atoms with Gasteiger partial charge in [-0.1, -0.05) is 49.6 Å². The van der Waals surface area contributed by atoms with E-state index in [4.69, 9.17) is 4.74 Å². The summed E-state index contributed by atoms with van der Waals surface area (Å²) in [6, 6.07) is 15.2. The molecule has 3 rings (SSSR count). The van der Waals surface area contributed by atoms with Gasteiger partial charge in [-0.3, -0.25) is 9.59 Å². The Morgan fingerprint density at radius 2 is 1.76 bits per heavy atom. The quantitative estimate of drug-likeness (QED) is 0.449. The van der Waals surface area contributed by atoms with Crippen molar-refractivity contribution < 1.29 is 22.7 Å². The van der Waals surface area contributed by atoms with Crippen LogP contribution in [0.5, 0.6) is 5.75 Å². The molecule has 0 saturated heterocycles. The lowest BCUT2D eigenvalue weighted by atomic mass is 9.95. The predicted molar refractivity (Wildman–Crippen MR) is 144 cm³/mol. The normalized spacial score (nSPS) is 15.2. The van der Waals surface area contributed by atoms with Gasteiger partial charge in [-0.15, -0.1) is 0 Å². The summed E-state index contributed by atoms with van der Waals surface area (Å²) < 4.78 is 32.2. The van der Waals surface area contributed by atoms with Crippen LogP contribution in [0.2, 0.25) is 0 Å². The molecule has 1 atom stereocenters. The Morgan fingerprint density at radius 1 is 1.05 bits per heavy atom. The minimum Gasteiger partial charge on any atom is -0.497 e. The van der Waals surface area contributed by atoms with Crippen molar-refractivity contribution in [2.45, 2.75) is 75.4 Å². The van der Waals surface area contributed by atoms with Crippen LogP contribution in [0.15, 0.2) is 59.5 Å². The van der Waals surface area contributed by atoms with Gasteiger partial charge in [0.25, 0.3) is 0 Å². The highest BCUT2D eigenvalue weighted by Crippen LogP contribution is 2.20.